The zero-order chi connectivity index (χ0) is 18.7. The van der Waals surface area contributed by atoms with Crippen molar-refractivity contribution in [2.45, 2.75) is 18.3 Å². The molecule has 28 heavy (non-hydrogen) atoms. The fraction of sp³-hybridized carbons (Fsp3) is 0.450. The van der Waals surface area contributed by atoms with Gasteiger partial charge in [-0.3, -0.25) is 4.99 Å². The Balaban J connectivity index is 0.00000225. The normalized spacial score (nSPS) is 18.4. The molecule has 2 aromatic rings. The Morgan fingerprint density at radius 2 is 1.86 bits per heavy atom. The molecule has 1 saturated carbocycles. The Labute approximate surface area is 183 Å². The molecule has 1 aliphatic carbocycles. The monoisotopic (exact) mass is 494 g/mol. The van der Waals surface area contributed by atoms with Crippen LogP contribution in [-0.2, 0) is 5.41 Å². The predicted octanol–water partition coefficient (Wildman–Crippen LogP) is 2.27. The first-order chi connectivity index (χ1) is 13.2. The number of anilines is 1. The van der Waals surface area contributed by atoms with Crippen LogP contribution in [-0.4, -0.2) is 60.7 Å². The zero-order valence-corrected chi connectivity index (χ0v) is 18.5. The summed E-state index contributed by atoms with van der Waals surface area (Å²) < 4.78 is 5.36. The van der Waals surface area contributed by atoms with E-state index in [0.29, 0.717) is 5.96 Å². The molecule has 7 nitrogen and oxygen atoms in total. The largest absolute Gasteiger partial charge is 0.497 e. The van der Waals surface area contributed by atoms with Crippen molar-refractivity contribution in [2.24, 2.45) is 10.7 Å². The van der Waals surface area contributed by atoms with Crippen molar-refractivity contribution < 1.29 is 4.74 Å². The smallest absolute Gasteiger partial charge is 0.225 e. The Bertz CT molecular complexity index is 803. The van der Waals surface area contributed by atoms with Gasteiger partial charge in [0.15, 0.2) is 5.96 Å². The van der Waals surface area contributed by atoms with E-state index in [2.05, 4.69) is 31.9 Å². The molecule has 1 aliphatic heterocycles. The van der Waals surface area contributed by atoms with Gasteiger partial charge in [-0.05, 0) is 36.6 Å². The Morgan fingerprint density at radius 3 is 2.50 bits per heavy atom. The van der Waals surface area contributed by atoms with Crippen molar-refractivity contribution in [3.8, 4) is 5.75 Å². The lowest BCUT2D eigenvalue weighted by Gasteiger charge is -2.35. The number of nitrogens with zero attached hydrogens (tertiary/aromatic N) is 5. The molecule has 2 aliphatic rings. The van der Waals surface area contributed by atoms with Gasteiger partial charge >= 0.3 is 0 Å². The van der Waals surface area contributed by atoms with Crippen LogP contribution in [0.2, 0.25) is 0 Å². The number of piperazine rings is 1. The maximum Gasteiger partial charge on any atom is 0.225 e. The van der Waals surface area contributed by atoms with E-state index in [-0.39, 0.29) is 29.4 Å². The number of benzene rings is 1. The molecule has 0 bridgehead atoms. The van der Waals surface area contributed by atoms with Gasteiger partial charge in [0.05, 0.1) is 13.7 Å². The van der Waals surface area contributed by atoms with Crippen LogP contribution in [0.4, 0.5) is 5.95 Å². The van der Waals surface area contributed by atoms with Gasteiger partial charge in [0.1, 0.15) is 5.75 Å². The quantitative estimate of drug-likeness (QED) is 0.391. The van der Waals surface area contributed by atoms with E-state index in [0.717, 1.165) is 57.3 Å². The van der Waals surface area contributed by atoms with Crippen molar-refractivity contribution in [1.29, 1.82) is 0 Å². The van der Waals surface area contributed by atoms with Crippen molar-refractivity contribution in [2.75, 3.05) is 44.7 Å². The van der Waals surface area contributed by atoms with Crippen LogP contribution in [0.25, 0.3) is 0 Å². The minimum atomic E-state index is 0. The molecule has 0 radical (unpaired) electrons. The molecule has 8 heteroatoms. The van der Waals surface area contributed by atoms with Crippen LogP contribution in [0.3, 0.4) is 0 Å². The van der Waals surface area contributed by atoms with Gasteiger partial charge in [0, 0.05) is 44.0 Å². The summed E-state index contributed by atoms with van der Waals surface area (Å²) in [5.74, 6) is 2.32. The summed E-state index contributed by atoms with van der Waals surface area (Å²) in [6.07, 6.45) is 5.85. The number of ether oxygens (including phenoxy) is 1. The predicted molar refractivity (Wildman–Crippen MR) is 122 cm³/mol. The van der Waals surface area contributed by atoms with Crippen molar-refractivity contribution in [1.82, 2.24) is 14.9 Å². The third-order valence-electron chi connectivity index (χ3n) is 5.52. The minimum absolute atomic E-state index is 0. The first kappa shape index (κ1) is 20.6. The molecule has 2 heterocycles. The highest BCUT2D eigenvalue weighted by Gasteiger charge is 2.44. The summed E-state index contributed by atoms with van der Waals surface area (Å²) in [5, 5.41) is 0. The molecule has 0 amide bonds. The van der Waals surface area contributed by atoms with Crippen LogP contribution >= 0.6 is 24.0 Å². The van der Waals surface area contributed by atoms with Crippen molar-refractivity contribution in [3.05, 3.63) is 48.3 Å². The molecular formula is C20H27IN6O. The summed E-state index contributed by atoms with van der Waals surface area (Å²) in [7, 11) is 1.70. The lowest BCUT2D eigenvalue weighted by Crippen LogP contribution is -2.51. The van der Waals surface area contributed by atoms with E-state index in [1.54, 1.807) is 19.5 Å². The number of guanidine groups is 1. The summed E-state index contributed by atoms with van der Waals surface area (Å²) in [6, 6.07) is 10.1. The third kappa shape index (κ3) is 4.48. The average Bonchev–Trinajstić information content (AvgIpc) is 3.54. The molecule has 2 fully saturated rings. The Kier molecular flexibility index (Phi) is 6.58. The molecule has 1 aromatic carbocycles. The number of hydrogen-bond donors (Lipinski definition) is 1. The van der Waals surface area contributed by atoms with Crippen molar-refractivity contribution >= 4 is 35.9 Å². The molecule has 0 spiro atoms. The molecule has 150 valence electrons. The molecule has 0 atom stereocenters. The second-order valence-corrected chi connectivity index (χ2v) is 7.21. The number of aromatic nitrogens is 2. The van der Waals surface area contributed by atoms with Crippen LogP contribution < -0.4 is 15.4 Å². The number of halogens is 1. The van der Waals surface area contributed by atoms with Gasteiger partial charge in [0.25, 0.3) is 0 Å². The van der Waals surface area contributed by atoms with Gasteiger partial charge in [0.2, 0.25) is 5.95 Å². The fourth-order valence-corrected chi connectivity index (χ4v) is 3.56. The van der Waals surface area contributed by atoms with Gasteiger partial charge in [-0.25, -0.2) is 9.97 Å². The highest BCUT2D eigenvalue weighted by atomic mass is 127. The molecule has 1 aromatic heterocycles. The number of methoxy groups -OCH3 is 1. The molecule has 2 N–H and O–H groups in total. The van der Waals surface area contributed by atoms with E-state index in [9.17, 15) is 0 Å². The van der Waals surface area contributed by atoms with Gasteiger partial charge in [-0.1, -0.05) is 12.1 Å². The molecular weight excluding hydrogens is 467 g/mol. The Hall–Kier alpha value is -2.10. The summed E-state index contributed by atoms with van der Waals surface area (Å²) in [4.78, 5) is 17.7. The lowest BCUT2D eigenvalue weighted by molar-refractivity contribution is 0.377. The second-order valence-electron chi connectivity index (χ2n) is 7.21. The standard InChI is InChI=1S/C20H26N6O.HI/c1-27-17-5-2-4-16(14-17)20(6-7-20)15-24-18(21)25-10-12-26(13-11-25)19-22-8-3-9-23-19;/h2-5,8-9,14H,6-7,10-13,15H2,1H3,(H2,21,24);1H. The van der Waals surface area contributed by atoms with Crippen LogP contribution in [0.1, 0.15) is 18.4 Å². The first-order valence-electron chi connectivity index (χ1n) is 9.42. The molecule has 4 rings (SSSR count). The number of hydrogen-bond acceptors (Lipinski definition) is 5. The van der Waals surface area contributed by atoms with Crippen molar-refractivity contribution in [3.63, 3.8) is 0 Å². The van der Waals surface area contributed by atoms with Crippen LogP contribution in [0, 0.1) is 0 Å². The maximum absolute atomic E-state index is 6.30. The topological polar surface area (TPSA) is 79.9 Å². The highest BCUT2D eigenvalue weighted by Crippen LogP contribution is 2.49. The Morgan fingerprint density at radius 1 is 1.14 bits per heavy atom. The van der Waals surface area contributed by atoms with E-state index < -0.39 is 0 Å². The van der Waals surface area contributed by atoms with Gasteiger partial charge in [-0.2, -0.15) is 0 Å². The molecule has 1 saturated heterocycles. The van der Waals surface area contributed by atoms with E-state index in [1.807, 2.05) is 18.2 Å². The summed E-state index contributed by atoms with van der Waals surface area (Å²) in [6.45, 7) is 4.09. The first-order valence-corrected chi connectivity index (χ1v) is 9.42. The third-order valence-corrected chi connectivity index (χ3v) is 5.52. The van der Waals surface area contributed by atoms with Gasteiger partial charge < -0.3 is 20.3 Å². The zero-order valence-electron chi connectivity index (χ0n) is 16.1. The molecule has 0 unspecified atom stereocenters. The van der Waals surface area contributed by atoms with Crippen LogP contribution in [0.5, 0.6) is 5.75 Å². The van der Waals surface area contributed by atoms with E-state index >= 15 is 0 Å². The van der Waals surface area contributed by atoms with Crippen LogP contribution in [0.15, 0.2) is 47.7 Å². The number of nitrogens with two attached hydrogens (primary N) is 1. The maximum atomic E-state index is 6.30. The fourth-order valence-electron chi connectivity index (χ4n) is 3.56. The van der Waals surface area contributed by atoms with E-state index in [4.69, 9.17) is 15.5 Å². The summed E-state index contributed by atoms with van der Waals surface area (Å²) in [5.41, 5.74) is 7.72. The summed E-state index contributed by atoms with van der Waals surface area (Å²) >= 11 is 0. The lowest BCUT2D eigenvalue weighted by atomic mass is 9.96. The van der Waals surface area contributed by atoms with E-state index in [1.165, 1.54) is 5.56 Å². The average molecular weight is 494 g/mol. The number of aliphatic imine (C=N–C) groups is 1. The number of rotatable bonds is 5. The SMILES string of the molecule is COc1cccc(C2(CN=C(N)N3CCN(c4ncccn4)CC3)CC2)c1.I. The highest BCUT2D eigenvalue weighted by molar-refractivity contribution is 14.0. The second kappa shape index (κ2) is 8.93. The minimum Gasteiger partial charge on any atom is -0.497 e. The van der Waals surface area contributed by atoms with Gasteiger partial charge in [-0.15, -0.1) is 24.0 Å².